The van der Waals surface area contributed by atoms with Crippen molar-refractivity contribution in [1.29, 1.82) is 0 Å². The normalized spacial score (nSPS) is 13.7. The SMILES string of the molecule is CC/C=C\C/C=C\C/C=C\C/C=C\CCCCC(=O)OC(COC(=O)CCCCCCCCCCCCCCCCCCCCCC)COP(=O)(O)OCCN. The largest absolute Gasteiger partial charge is 0.472 e. The molecule has 326 valence electrons. The van der Waals surface area contributed by atoms with Gasteiger partial charge in [0.25, 0.3) is 0 Å². The summed E-state index contributed by atoms with van der Waals surface area (Å²) in [6, 6.07) is 0. The molecule has 9 nitrogen and oxygen atoms in total. The third-order valence-corrected chi connectivity index (χ3v) is 10.5. The molecule has 3 N–H and O–H groups in total. The quantitative estimate of drug-likeness (QED) is 0.0267. The lowest BCUT2D eigenvalue weighted by Gasteiger charge is -2.19. The number of hydrogen-bond acceptors (Lipinski definition) is 8. The van der Waals surface area contributed by atoms with E-state index < -0.39 is 32.5 Å². The Balaban J connectivity index is 4.13. The standard InChI is InChI=1S/C46H84NO8P/c1-3-5-7-9-11-13-15-17-19-20-21-22-23-25-26-28-30-32-34-36-38-45(48)52-42-44(43-54-56(50,51)53-41-40-47)55-46(49)39-37-35-33-31-29-27-24-18-16-14-12-10-8-6-4-2/h6,8,12,14,18,24,29,31,44H,3-5,7,9-11,13,15-17,19-23,25-28,30,32-43,47H2,1-2H3,(H,50,51)/b8-6-,14-12-,24-18-,31-29-. The molecular weight excluding hydrogens is 725 g/mol. The van der Waals surface area contributed by atoms with Crippen LogP contribution in [-0.2, 0) is 32.7 Å². The lowest BCUT2D eigenvalue weighted by molar-refractivity contribution is -0.161. The first kappa shape index (κ1) is 54.0. The van der Waals surface area contributed by atoms with Gasteiger partial charge in [-0.05, 0) is 51.4 Å². The van der Waals surface area contributed by atoms with Crippen molar-refractivity contribution in [3.8, 4) is 0 Å². The average molecular weight is 810 g/mol. The van der Waals surface area contributed by atoms with E-state index in [1.807, 2.05) is 0 Å². The summed E-state index contributed by atoms with van der Waals surface area (Å²) in [7, 11) is -4.39. The lowest BCUT2D eigenvalue weighted by atomic mass is 10.0. The molecule has 0 aliphatic carbocycles. The molecule has 0 saturated carbocycles. The van der Waals surface area contributed by atoms with Crippen LogP contribution in [0.5, 0.6) is 0 Å². The van der Waals surface area contributed by atoms with Gasteiger partial charge in [0.05, 0.1) is 13.2 Å². The number of carbonyl (C=O) groups excluding carboxylic acids is 2. The highest BCUT2D eigenvalue weighted by atomic mass is 31.2. The number of rotatable bonds is 42. The van der Waals surface area contributed by atoms with Gasteiger partial charge in [-0.1, -0.05) is 184 Å². The molecule has 0 rings (SSSR count). The van der Waals surface area contributed by atoms with Crippen molar-refractivity contribution in [1.82, 2.24) is 0 Å². The van der Waals surface area contributed by atoms with Gasteiger partial charge in [0.15, 0.2) is 6.10 Å². The molecule has 0 aliphatic heterocycles. The molecule has 2 unspecified atom stereocenters. The monoisotopic (exact) mass is 810 g/mol. The second-order valence-electron chi connectivity index (χ2n) is 14.9. The Hall–Kier alpha value is -2.03. The summed E-state index contributed by atoms with van der Waals surface area (Å²) in [5.74, 6) is -0.873. The van der Waals surface area contributed by atoms with Crippen LogP contribution in [0.3, 0.4) is 0 Å². The Morgan fingerprint density at radius 1 is 0.554 bits per heavy atom. The van der Waals surface area contributed by atoms with Gasteiger partial charge < -0.3 is 20.1 Å². The molecule has 0 saturated heterocycles. The minimum atomic E-state index is -4.39. The molecule has 10 heteroatoms. The molecule has 0 radical (unpaired) electrons. The number of nitrogens with two attached hydrogens (primary N) is 1. The first-order valence-electron chi connectivity index (χ1n) is 22.6. The molecule has 0 aliphatic rings. The zero-order valence-corrected chi connectivity index (χ0v) is 36.8. The minimum absolute atomic E-state index is 0.0460. The molecule has 0 aromatic heterocycles. The topological polar surface area (TPSA) is 134 Å². The molecule has 0 bridgehead atoms. The second kappa shape index (κ2) is 42.6. The van der Waals surface area contributed by atoms with Gasteiger partial charge in [0.1, 0.15) is 6.61 Å². The summed E-state index contributed by atoms with van der Waals surface area (Å²) in [4.78, 5) is 34.9. The Morgan fingerprint density at radius 3 is 1.46 bits per heavy atom. The zero-order valence-electron chi connectivity index (χ0n) is 35.9. The number of hydrogen-bond donors (Lipinski definition) is 2. The smallest absolute Gasteiger partial charge is 0.462 e. The second-order valence-corrected chi connectivity index (χ2v) is 16.3. The Kier molecular flexibility index (Phi) is 41.0. The molecule has 0 fully saturated rings. The molecule has 0 spiro atoms. The van der Waals surface area contributed by atoms with E-state index in [9.17, 15) is 19.0 Å². The first-order valence-corrected chi connectivity index (χ1v) is 24.1. The van der Waals surface area contributed by atoms with Gasteiger partial charge in [-0.15, -0.1) is 0 Å². The summed E-state index contributed by atoms with van der Waals surface area (Å²) in [5.41, 5.74) is 5.35. The van der Waals surface area contributed by atoms with Gasteiger partial charge in [-0.2, -0.15) is 0 Å². The fraction of sp³-hybridized carbons (Fsp3) is 0.783. The van der Waals surface area contributed by atoms with Gasteiger partial charge in [0, 0.05) is 19.4 Å². The minimum Gasteiger partial charge on any atom is -0.462 e. The number of ether oxygens (including phenoxy) is 2. The average Bonchev–Trinajstić information content (AvgIpc) is 3.18. The number of allylic oxidation sites excluding steroid dienone is 8. The number of esters is 2. The molecule has 0 heterocycles. The number of phosphoric ester groups is 1. The van der Waals surface area contributed by atoms with Crippen molar-refractivity contribution < 1.29 is 37.6 Å². The van der Waals surface area contributed by atoms with Crippen LogP contribution in [0.1, 0.15) is 200 Å². The lowest BCUT2D eigenvalue weighted by Crippen LogP contribution is -2.29. The first-order chi connectivity index (χ1) is 27.3. The molecule has 56 heavy (non-hydrogen) atoms. The van der Waals surface area contributed by atoms with Crippen LogP contribution < -0.4 is 5.73 Å². The predicted molar refractivity (Wildman–Crippen MR) is 233 cm³/mol. The fourth-order valence-corrected chi connectivity index (χ4v) is 6.92. The van der Waals surface area contributed by atoms with Crippen molar-refractivity contribution in [3.05, 3.63) is 48.6 Å². The Labute approximate surface area is 343 Å². The third kappa shape index (κ3) is 41.6. The van der Waals surface area contributed by atoms with Crippen LogP contribution >= 0.6 is 7.82 Å². The van der Waals surface area contributed by atoms with Crippen LogP contribution in [-0.4, -0.2) is 49.3 Å². The number of carbonyl (C=O) groups is 2. The maximum absolute atomic E-state index is 12.6. The van der Waals surface area contributed by atoms with Crippen LogP contribution in [0.15, 0.2) is 48.6 Å². The van der Waals surface area contributed by atoms with E-state index >= 15 is 0 Å². The summed E-state index contributed by atoms with van der Waals surface area (Å²) in [6.07, 6.45) is 48.7. The molecule has 0 aromatic carbocycles. The number of phosphoric acid groups is 1. The Bertz CT molecular complexity index is 1060. The van der Waals surface area contributed by atoms with Crippen molar-refractivity contribution in [2.45, 2.75) is 206 Å². The van der Waals surface area contributed by atoms with E-state index in [4.69, 9.17) is 24.3 Å². The molecule has 0 aromatic rings. The molecule has 0 amide bonds. The maximum Gasteiger partial charge on any atom is 0.472 e. The van der Waals surface area contributed by atoms with Gasteiger partial charge in [-0.3, -0.25) is 18.6 Å². The fourth-order valence-electron chi connectivity index (χ4n) is 6.16. The van der Waals surface area contributed by atoms with E-state index in [-0.39, 0.29) is 32.6 Å². The summed E-state index contributed by atoms with van der Waals surface area (Å²) >= 11 is 0. The highest BCUT2D eigenvalue weighted by Crippen LogP contribution is 2.43. The summed E-state index contributed by atoms with van der Waals surface area (Å²) in [5, 5.41) is 0. The van der Waals surface area contributed by atoms with Gasteiger partial charge >= 0.3 is 19.8 Å². The zero-order chi connectivity index (χ0) is 41.1. The van der Waals surface area contributed by atoms with Crippen LogP contribution in [0, 0.1) is 0 Å². The van der Waals surface area contributed by atoms with Crippen molar-refractivity contribution >= 4 is 19.8 Å². The third-order valence-electron chi connectivity index (χ3n) is 9.48. The van der Waals surface area contributed by atoms with Crippen molar-refractivity contribution in [2.75, 3.05) is 26.4 Å². The van der Waals surface area contributed by atoms with Crippen LogP contribution in [0.25, 0.3) is 0 Å². The van der Waals surface area contributed by atoms with E-state index in [2.05, 4.69) is 62.5 Å². The van der Waals surface area contributed by atoms with Crippen LogP contribution in [0.2, 0.25) is 0 Å². The Morgan fingerprint density at radius 2 is 0.982 bits per heavy atom. The predicted octanol–water partition coefficient (Wildman–Crippen LogP) is 13.1. The summed E-state index contributed by atoms with van der Waals surface area (Å²) < 4.78 is 32.8. The number of unbranched alkanes of at least 4 members (excludes halogenated alkanes) is 21. The molecule has 2 atom stereocenters. The van der Waals surface area contributed by atoms with Gasteiger partial charge in [0.2, 0.25) is 0 Å². The van der Waals surface area contributed by atoms with E-state index in [1.54, 1.807) is 0 Å². The van der Waals surface area contributed by atoms with Crippen molar-refractivity contribution in [3.63, 3.8) is 0 Å². The summed E-state index contributed by atoms with van der Waals surface area (Å²) in [6.45, 7) is 3.58. The van der Waals surface area contributed by atoms with E-state index in [0.717, 1.165) is 57.8 Å². The van der Waals surface area contributed by atoms with Gasteiger partial charge in [-0.25, -0.2) is 4.57 Å². The highest BCUT2D eigenvalue weighted by Gasteiger charge is 2.26. The van der Waals surface area contributed by atoms with Crippen LogP contribution in [0.4, 0.5) is 0 Å². The van der Waals surface area contributed by atoms with Crippen molar-refractivity contribution in [2.24, 2.45) is 5.73 Å². The van der Waals surface area contributed by atoms with E-state index in [0.29, 0.717) is 6.42 Å². The molecular formula is C46H84NO8P. The van der Waals surface area contributed by atoms with E-state index in [1.165, 1.54) is 109 Å². The highest BCUT2D eigenvalue weighted by molar-refractivity contribution is 7.47. The maximum atomic E-state index is 12.6.